The van der Waals surface area contributed by atoms with Crippen LogP contribution in [0.25, 0.3) is 0 Å². The van der Waals surface area contributed by atoms with Gasteiger partial charge in [-0.1, -0.05) is 41.4 Å². The fraction of sp³-hybridized carbons (Fsp3) is 0.176. The van der Waals surface area contributed by atoms with E-state index in [2.05, 4.69) is 20.9 Å². The first-order valence-corrected chi connectivity index (χ1v) is 8.07. The van der Waals surface area contributed by atoms with Gasteiger partial charge in [-0.15, -0.1) is 0 Å². The van der Waals surface area contributed by atoms with Crippen LogP contribution in [0, 0.1) is 5.92 Å². The van der Waals surface area contributed by atoms with Crippen molar-refractivity contribution in [3.63, 3.8) is 0 Å². The highest BCUT2D eigenvalue weighted by Crippen LogP contribution is 2.34. The third-order valence-electron chi connectivity index (χ3n) is 2.92. The van der Waals surface area contributed by atoms with E-state index in [9.17, 15) is 9.90 Å². The lowest BCUT2D eigenvalue weighted by Gasteiger charge is -2.11. The molecule has 0 aromatic heterocycles. The van der Waals surface area contributed by atoms with Crippen LogP contribution in [0.3, 0.4) is 0 Å². The number of aromatic hydroxyl groups is 1. The first kappa shape index (κ1) is 17.5. The number of aliphatic imine (C=N–C) groups is 1. The second-order valence-electron chi connectivity index (χ2n) is 5.15. The number of hydrogen-bond acceptors (Lipinski definition) is 4. The van der Waals surface area contributed by atoms with E-state index in [1.165, 1.54) is 12.3 Å². The van der Waals surface area contributed by atoms with Crippen LogP contribution in [0.15, 0.2) is 45.9 Å². The maximum absolute atomic E-state index is 11.8. The number of carbonyl (C=O) groups excluding carboxylic acids is 1. The van der Waals surface area contributed by atoms with Crippen molar-refractivity contribution in [1.82, 2.24) is 0 Å². The van der Waals surface area contributed by atoms with E-state index in [-0.39, 0.29) is 17.4 Å². The largest absolute Gasteiger partial charge is 0.504 e. The van der Waals surface area contributed by atoms with Gasteiger partial charge in [0, 0.05) is 21.3 Å². The average molecular weight is 397 g/mol. The summed E-state index contributed by atoms with van der Waals surface area (Å²) in [7, 11) is 0. The maximum atomic E-state index is 11.8. The molecular weight excluding hydrogens is 382 g/mol. The number of rotatable bonds is 4. The Kier molecular flexibility index (Phi) is 5.80. The lowest BCUT2D eigenvalue weighted by atomic mass is 10.2. The van der Waals surface area contributed by atoms with Crippen LogP contribution in [0.5, 0.6) is 11.5 Å². The fourth-order valence-electron chi connectivity index (χ4n) is 1.70. The van der Waals surface area contributed by atoms with E-state index in [4.69, 9.17) is 16.3 Å². The molecule has 0 aliphatic heterocycles. The topological polar surface area (TPSA) is 58.9 Å². The molecule has 23 heavy (non-hydrogen) atoms. The zero-order chi connectivity index (χ0) is 17.0. The number of halogens is 2. The van der Waals surface area contributed by atoms with Gasteiger partial charge in [-0.25, -0.2) is 0 Å². The van der Waals surface area contributed by atoms with Crippen molar-refractivity contribution in [2.24, 2.45) is 10.9 Å². The summed E-state index contributed by atoms with van der Waals surface area (Å²) < 4.78 is 5.93. The Morgan fingerprint density at radius 3 is 2.57 bits per heavy atom. The SMILES string of the molecule is CC(C)C(=O)Oc1c(O)cc(Br)cc1C=Nc1ccc(Cl)cc1. The zero-order valence-electron chi connectivity index (χ0n) is 12.6. The summed E-state index contributed by atoms with van der Waals surface area (Å²) in [6.45, 7) is 3.44. The molecule has 1 N–H and O–H groups in total. The highest BCUT2D eigenvalue weighted by Gasteiger charge is 2.16. The van der Waals surface area contributed by atoms with Gasteiger partial charge in [-0.2, -0.15) is 0 Å². The molecule has 0 amide bonds. The Hall–Kier alpha value is -1.85. The van der Waals surface area contributed by atoms with Gasteiger partial charge in [0.05, 0.1) is 11.6 Å². The van der Waals surface area contributed by atoms with E-state index in [1.54, 1.807) is 44.2 Å². The minimum absolute atomic E-state index is 0.0876. The minimum Gasteiger partial charge on any atom is -0.504 e. The molecule has 2 aromatic rings. The lowest BCUT2D eigenvalue weighted by Crippen LogP contribution is -2.15. The van der Waals surface area contributed by atoms with Gasteiger partial charge in [0.25, 0.3) is 0 Å². The Labute approximate surface area is 147 Å². The Morgan fingerprint density at radius 2 is 1.96 bits per heavy atom. The van der Waals surface area contributed by atoms with E-state index >= 15 is 0 Å². The van der Waals surface area contributed by atoms with Crippen molar-refractivity contribution in [3.8, 4) is 11.5 Å². The lowest BCUT2D eigenvalue weighted by molar-refractivity contribution is -0.137. The predicted octanol–water partition coefficient (Wildman–Crippen LogP) is 5.12. The molecule has 0 saturated heterocycles. The highest BCUT2D eigenvalue weighted by molar-refractivity contribution is 9.10. The van der Waals surface area contributed by atoms with Gasteiger partial charge in [-0.05, 0) is 36.4 Å². The monoisotopic (exact) mass is 395 g/mol. The Morgan fingerprint density at radius 1 is 1.30 bits per heavy atom. The van der Waals surface area contributed by atoms with E-state index in [0.29, 0.717) is 20.7 Å². The first-order valence-electron chi connectivity index (χ1n) is 6.90. The average Bonchev–Trinajstić information content (AvgIpc) is 2.49. The molecule has 2 aromatic carbocycles. The maximum Gasteiger partial charge on any atom is 0.313 e. The number of phenols is 1. The summed E-state index contributed by atoms with van der Waals surface area (Å²) in [5, 5.41) is 10.7. The van der Waals surface area contributed by atoms with Gasteiger partial charge < -0.3 is 9.84 Å². The van der Waals surface area contributed by atoms with Gasteiger partial charge in [0.2, 0.25) is 0 Å². The molecule has 6 heteroatoms. The summed E-state index contributed by atoms with van der Waals surface area (Å²) in [6, 6.07) is 10.1. The molecule has 120 valence electrons. The number of carbonyl (C=O) groups is 1. The molecule has 2 rings (SSSR count). The van der Waals surface area contributed by atoms with Crippen molar-refractivity contribution < 1.29 is 14.6 Å². The van der Waals surface area contributed by atoms with Gasteiger partial charge >= 0.3 is 5.97 Å². The van der Waals surface area contributed by atoms with E-state index in [0.717, 1.165) is 0 Å². The van der Waals surface area contributed by atoms with Crippen LogP contribution in [0.1, 0.15) is 19.4 Å². The molecule has 0 saturated carbocycles. The van der Waals surface area contributed by atoms with Gasteiger partial charge in [-0.3, -0.25) is 9.79 Å². The normalized spacial score (nSPS) is 11.2. The summed E-state index contributed by atoms with van der Waals surface area (Å²) >= 11 is 9.13. The number of nitrogens with zero attached hydrogens (tertiary/aromatic N) is 1. The number of ether oxygens (including phenoxy) is 1. The molecule has 0 bridgehead atoms. The highest BCUT2D eigenvalue weighted by atomic mass is 79.9. The van der Waals surface area contributed by atoms with E-state index in [1.807, 2.05) is 0 Å². The molecule has 0 unspecified atom stereocenters. The van der Waals surface area contributed by atoms with Crippen molar-refractivity contribution in [2.75, 3.05) is 0 Å². The molecule has 0 fully saturated rings. The van der Waals surface area contributed by atoms with E-state index < -0.39 is 5.97 Å². The molecule has 0 spiro atoms. The van der Waals surface area contributed by atoms with Crippen LogP contribution in [0.2, 0.25) is 5.02 Å². The summed E-state index contributed by atoms with van der Waals surface area (Å²) in [5.41, 5.74) is 1.18. The summed E-state index contributed by atoms with van der Waals surface area (Å²) in [6.07, 6.45) is 1.52. The van der Waals surface area contributed by atoms with Crippen LogP contribution in [0.4, 0.5) is 5.69 Å². The molecule has 0 heterocycles. The van der Waals surface area contributed by atoms with Crippen LogP contribution in [-0.2, 0) is 4.79 Å². The molecule has 0 aliphatic rings. The second-order valence-corrected chi connectivity index (χ2v) is 6.51. The molecule has 0 aliphatic carbocycles. The van der Waals surface area contributed by atoms with Crippen LogP contribution >= 0.6 is 27.5 Å². The standard InChI is InChI=1S/C17H15BrClNO3/c1-10(2)17(22)23-16-11(7-12(18)8-15(16)21)9-20-14-5-3-13(19)4-6-14/h3-10,21H,1-2H3. The predicted molar refractivity (Wildman–Crippen MR) is 95.0 cm³/mol. The smallest absolute Gasteiger partial charge is 0.313 e. The van der Waals surface area contributed by atoms with Crippen LogP contribution < -0.4 is 4.74 Å². The number of hydrogen-bond donors (Lipinski definition) is 1. The second kappa shape index (κ2) is 7.62. The third kappa shape index (κ3) is 4.81. The van der Waals surface area contributed by atoms with Crippen molar-refractivity contribution in [3.05, 3.63) is 51.5 Å². The quantitative estimate of drug-likeness (QED) is 0.443. The number of benzene rings is 2. The fourth-order valence-corrected chi connectivity index (χ4v) is 2.29. The Balaban J connectivity index is 2.36. The van der Waals surface area contributed by atoms with Crippen molar-refractivity contribution in [2.45, 2.75) is 13.8 Å². The molecular formula is C17H15BrClNO3. The Bertz CT molecular complexity index is 742. The molecule has 0 atom stereocenters. The van der Waals surface area contributed by atoms with Crippen molar-refractivity contribution >= 4 is 45.4 Å². The molecule has 4 nitrogen and oxygen atoms in total. The minimum atomic E-state index is -0.427. The zero-order valence-corrected chi connectivity index (χ0v) is 14.9. The third-order valence-corrected chi connectivity index (χ3v) is 3.63. The number of esters is 1. The number of phenolic OH excluding ortho intramolecular Hbond substituents is 1. The first-order chi connectivity index (χ1) is 10.9. The van der Waals surface area contributed by atoms with Gasteiger partial charge in [0.1, 0.15) is 0 Å². The van der Waals surface area contributed by atoms with Crippen LogP contribution in [-0.4, -0.2) is 17.3 Å². The van der Waals surface area contributed by atoms with Crippen molar-refractivity contribution in [1.29, 1.82) is 0 Å². The summed E-state index contributed by atoms with van der Waals surface area (Å²) in [5.74, 6) is -0.779. The van der Waals surface area contributed by atoms with Gasteiger partial charge in [0.15, 0.2) is 11.5 Å². The summed E-state index contributed by atoms with van der Waals surface area (Å²) in [4.78, 5) is 16.1. The molecule has 0 radical (unpaired) electrons.